The third-order valence-electron chi connectivity index (χ3n) is 12.4. The molecule has 2 aliphatic rings. The highest BCUT2D eigenvalue weighted by atomic mass is 16.5. The Bertz CT molecular complexity index is 1910. The van der Waals surface area contributed by atoms with E-state index < -0.39 is 132 Å². The summed E-state index contributed by atoms with van der Waals surface area (Å²) in [4.78, 5) is 127. The molecular formula is C46H71N7O13. The molecule has 2 heterocycles. The number of esters is 1. The minimum Gasteiger partial charge on any atom is -0.508 e. The van der Waals surface area contributed by atoms with Crippen LogP contribution in [0.15, 0.2) is 24.3 Å². The van der Waals surface area contributed by atoms with E-state index in [-0.39, 0.29) is 43.8 Å². The van der Waals surface area contributed by atoms with Crippen molar-refractivity contribution in [2.24, 2.45) is 23.7 Å². The molecule has 3 rings (SSSR count). The lowest BCUT2D eigenvalue weighted by Gasteiger charge is -2.44. The van der Waals surface area contributed by atoms with Crippen LogP contribution in [0, 0.1) is 23.7 Å². The van der Waals surface area contributed by atoms with Crippen LogP contribution in [0.4, 0.5) is 0 Å². The second-order valence-electron chi connectivity index (χ2n) is 18.4. The molecule has 2 bridgehead atoms. The maximum atomic E-state index is 14.9. The molecule has 0 spiro atoms. The number of carbonyl (C=O) groups is 9. The van der Waals surface area contributed by atoms with Gasteiger partial charge in [-0.2, -0.15) is 0 Å². The molecule has 1 aromatic carbocycles. The van der Waals surface area contributed by atoms with E-state index in [0.29, 0.717) is 18.4 Å². The van der Waals surface area contributed by atoms with E-state index in [1.807, 2.05) is 0 Å². The van der Waals surface area contributed by atoms with Crippen LogP contribution in [0.5, 0.6) is 5.75 Å². The van der Waals surface area contributed by atoms with Gasteiger partial charge in [-0.25, -0.2) is 4.79 Å². The summed E-state index contributed by atoms with van der Waals surface area (Å²) in [6.45, 7) is 14.9. The first-order valence-corrected chi connectivity index (χ1v) is 22.9. The lowest BCUT2D eigenvalue weighted by Crippen LogP contribution is -2.66. The fourth-order valence-electron chi connectivity index (χ4n) is 7.85. The molecule has 0 radical (unpaired) electrons. The number of piperidine rings is 1. The zero-order valence-corrected chi connectivity index (χ0v) is 39.8. The average Bonchev–Trinajstić information content (AvgIpc) is 3.25. The number of cyclic esters (lactones) is 1. The molecule has 1 aromatic rings. The number of hydrogen-bond donors (Lipinski definition) is 8. The number of phenols is 1. The number of nitrogens with one attached hydrogen (secondary N) is 5. The van der Waals surface area contributed by atoms with Crippen molar-refractivity contribution >= 4 is 53.3 Å². The maximum Gasteiger partial charge on any atom is 0.329 e. The van der Waals surface area contributed by atoms with Gasteiger partial charge in [-0.3, -0.25) is 38.4 Å². The third-order valence-corrected chi connectivity index (χ3v) is 12.4. The summed E-state index contributed by atoms with van der Waals surface area (Å²) in [7, 11) is 1.37. The first-order valence-electron chi connectivity index (χ1n) is 22.9. The van der Waals surface area contributed by atoms with Gasteiger partial charge in [0.15, 0.2) is 0 Å². The number of carbonyl (C=O) groups excluding carboxylic acids is 8. The Kier molecular flexibility index (Phi) is 20.4. The molecule has 0 saturated carbocycles. The van der Waals surface area contributed by atoms with Gasteiger partial charge in [0.25, 0.3) is 0 Å². The molecule has 7 amide bonds. The first kappa shape index (κ1) is 54.5. The average molecular weight is 930 g/mol. The predicted octanol–water partition coefficient (Wildman–Crippen LogP) is 1.10. The number of fused-ring (bicyclic) bond motifs is 2. The van der Waals surface area contributed by atoms with Gasteiger partial charge in [0, 0.05) is 25.8 Å². The molecule has 20 heteroatoms. The van der Waals surface area contributed by atoms with Crippen molar-refractivity contribution in [3.8, 4) is 5.75 Å². The largest absolute Gasteiger partial charge is 0.508 e. The van der Waals surface area contributed by atoms with Crippen molar-refractivity contribution in [3.63, 3.8) is 0 Å². The normalized spacial score (nSPS) is 26.4. The number of ether oxygens (including phenoxy) is 1. The van der Waals surface area contributed by atoms with Crippen molar-refractivity contribution in [3.05, 3.63) is 29.8 Å². The van der Waals surface area contributed by atoms with Crippen LogP contribution >= 0.6 is 0 Å². The fourth-order valence-corrected chi connectivity index (χ4v) is 7.85. The number of benzene rings is 1. The standard InChI is InChI=1S/C46H71N7O13/c1-11-25(7)36-46(65)66-27(9)37(51-40(59)30(18-20-35(56)57)47-39(58)24(5)6)43(62)49-32(21-23(3)4)41(60)48-31-17-19-34(55)53(44(31)63)38(26(8)12-2)45(64)52(10)33(42(61)50-36)22-28-13-15-29(54)16-14-28/h13-16,23-27,30-34,36-38,54-55H,11-12,17-22H2,1-10H3,(H,47,58)(H,48,60)(H,49,62)(H,50,61)(H,51,59)(H,56,57)/t25?,26?,27-,30+,31?,32+,33+,34+,36+,37+,38+/m1/s1. The molecule has 2 fully saturated rings. The number of hydrogen-bond acceptors (Lipinski definition) is 12. The van der Waals surface area contributed by atoms with Crippen LogP contribution in [-0.4, -0.2) is 140 Å². The minimum atomic E-state index is -1.77. The number of aliphatic hydroxyl groups is 1. The summed E-state index contributed by atoms with van der Waals surface area (Å²) in [6, 6.07) is -3.98. The monoisotopic (exact) mass is 930 g/mol. The molecular weight excluding hydrogens is 859 g/mol. The summed E-state index contributed by atoms with van der Waals surface area (Å²) in [6.07, 6.45) is -3.39. The highest BCUT2D eigenvalue weighted by Gasteiger charge is 2.47. The zero-order chi connectivity index (χ0) is 49.7. The SMILES string of the molecule is CCC(C)[C@@H]1NC(=O)[C@H](Cc2ccc(O)cc2)N(C)C(=O)[C@H](C(C)CC)N2C(=O)C(CC[C@@H]2O)NC(=O)[C@H](CC(C)C)NC(=O)[C@@H](NC(=O)[C@H](CCC(=O)O)NC(=O)C(C)C)[C@@H](C)OC1=O. The van der Waals surface area contributed by atoms with Crippen molar-refractivity contribution < 1.29 is 63.2 Å². The number of aliphatic hydroxyl groups excluding tert-OH is 1. The van der Waals surface area contributed by atoms with E-state index in [2.05, 4.69) is 26.6 Å². The van der Waals surface area contributed by atoms with E-state index in [1.165, 1.54) is 26.1 Å². The number of aliphatic carboxylic acids is 1. The Morgan fingerprint density at radius 2 is 1.45 bits per heavy atom. The van der Waals surface area contributed by atoms with Gasteiger partial charge in [0.05, 0.1) is 0 Å². The van der Waals surface area contributed by atoms with Crippen LogP contribution in [0.2, 0.25) is 0 Å². The van der Waals surface area contributed by atoms with Crippen LogP contribution in [0.25, 0.3) is 0 Å². The van der Waals surface area contributed by atoms with Gasteiger partial charge in [-0.05, 0) is 68.1 Å². The van der Waals surface area contributed by atoms with E-state index >= 15 is 0 Å². The second kappa shape index (κ2) is 24.7. The molecule has 66 heavy (non-hydrogen) atoms. The van der Waals surface area contributed by atoms with Gasteiger partial charge in [0.2, 0.25) is 41.4 Å². The van der Waals surface area contributed by atoms with Crippen molar-refractivity contribution in [1.82, 2.24) is 36.4 Å². The smallest absolute Gasteiger partial charge is 0.329 e. The number of likely N-dealkylation sites (N-methyl/N-ethyl adjacent to an activating group) is 1. The first-order chi connectivity index (χ1) is 30.9. The van der Waals surface area contributed by atoms with E-state index in [0.717, 1.165) is 9.80 Å². The zero-order valence-electron chi connectivity index (χ0n) is 39.8. The van der Waals surface area contributed by atoms with E-state index in [4.69, 9.17) is 4.74 Å². The van der Waals surface area contributed by atoms with Crippen molar-refractivity contribution in [1.29, 1.82) is 0 Å². The summed E-state index contributed by atoms with van der Waals surface area (Å²) >= 11 is 0. The van der Waals surface area contributed by atoms with Crippen molar-refractivity contribution in [2.75, 3.05) is 7.05 Å². The van der Waals surface area contributed by atoms with Crippen LogP contribution in [0.1, 0.15) is 113 Å². The van der Waals surface area contributed by atoms with Gasteiger partial charge in [-0.1, -0.05) is 80.4 Å². The number of aromatic hydroxyl groups is 1. The Labute approximate surface area is 386 Å². The van der Waals surface area contributed by atoms with Gasteiger partial charge >= 0.3 is 11.9 Å². The highest BCUT2D eigenvalue weighted by Crippen LogP contribution is 2.28. The number of amides is 7. The Balaban J connectivity index is 2.27. The van der Waals surface area contributed by atoms with Crippen LogP contribution in [-0.2, 0) is 54.3 Å². The molecule has 2 saturated heterocycles. The van der Waals surface area contributed by atoms with Crippen LogP contribution in [0.3, 0.4) is 0 Å². The Morgan fingerprint density at radius 1 is 0.833 bits per heavy atom. The number of carboxylic acids is 1. The number of carboxylic acid groups (broad SMARTS) is 1. The topological polar surface area (TPSA) is 290 Å². The lowest BCUT2D eigenvalue weighted by atomic mass is 9.91. The Morgan fingerprint density at radius 3 is 2.02 bits per heavy atom. The van der Waals surface area contributed by atoms with Crippen molar-refractivity contribution in [2.45, 2.75) is 168 Å². The molecule has 11 atom stereocenters. The summed E-state index contributed by atoms with van der Waals surface area (Å²) < 4.78 is 5.89. The van der Waals surface area contributed by atoms with E-state index in [1.54, 1.807) is 67.5 Å². The maximum absolute atomic E-state index is 14.9. The number of rotatable bonds is 15. The predicted molar refractivity (Wildman–Crippen MR) is 240 cm³/mol. The molecule has 0 aliphatic carbocycles. The van der Waals surface area contributed by atoms with Gasteiger partial charge in [-0.15, -0.1) is 0 Å². The Hall–Kier alpha value is -5.79. The summed E-state index contributed by atoms with van der Waals surface area (Å²) in [5.74, 6) is -10.0. The molecule has 0 aromatic heterocycles. The molecule has 20 nitrogen and oxygen atoms in total. The lowest BCUT2D eigenvalue weighted by molar-refractivity contribution is -0.168. The molecule has 8 N–H and O–H groups in total. The quantitative estimate of drug-likeness (QED) is 0.115. The number of nitrogens with zero attached hydrogens (tertiary/aromatic N) is 2. The van der Waals surface area contributed by atoms with Crippen LogP contribution < -0.4 is 26.6 Å². The van der Waals surface area contributed by atoms with Gasteiger partial charge in [0.1, 0.15) is 60.4 Å². The molecule has 2 aliphatic heterocycles. The van der Waals surface area contributed by atoms with Gasteiger partial charge < -0.3 is 56.4 Å². The third kappa shape index (κ3) is 14.6. The summed E-state index contributed by atoms with van der Waals surface area (Å²) in [5, 5.41) is 43.9. The highest BCUT2D eigenvalue weighted by molar-refractivity contribution is 5.98. The number of phenolic OH excluding ortho intramolecular Hbond substituents is 1. The molecule has 3 unspecified atom stereocenters. The second-order valence-corrected chi connectivity index (χ2v) is 18.4. The fraction of sp³-hybridized carbons (Fsp3) is 0.674. The summed E-state index contributed by atoms with van der Waals surface area (Å²) in [5.41, 5.74) is 0.519. The van der Waals surface area contributed by atoms with E-state index in [9.17, 15) is 58.5 Å². The molecule has 368 valence electrons. The minimum absolute atomic E-state index is 0.0225.